The predicted molar refractivity (Wildman–Crippen MR) is 111 cm³/mol. The van der Waals surface area contributed by atoms with Crippen LogP contribution in [0.4, 0.5) is 0 Å². The van der Waals surface area contributed by atoms with Gasteiger partial charge >= 0.3 is 5.97 Å². The lowest BCUT2D eigenvalue weighted by Gasteiger charge is -2.18. The average molecular weight is 410 g/mol. The lowest BCUT2D eigenvalue weighted by Crippen LogP contribution is -2.34. The van der Waals surface area contributed by atoms with Gasteiger partial charge in [0.05, 0.1) is 0 Å². The minimum atomic E-state index is -1.00. The van der Waals surface area contributed by atoms with Gasteiger partial charge in [-0.15, -0.1) is 0 Å². The summed E-state index contributed by atoms with van der Waals surface area (Å²) < 4.78 is 11.2. The van der Waals surface area contributed by atoms with Crippen LogP contribution in [0.15, 0.2) is 66.7 Å². The monoisotopic (exact) mass is 409 g/mol. The van der Waals surface area contributed by atoms with E-state index in [1.54, 1.807) is 36.4 Å². The van der Waals surface area contributed by atoms with Crippen molar-refractivity contribution in [2.45, 2.75) is 25.0 Å². The maximum atomic E-state index is 12.6. The normalized spacial score (nSPS) is 14.2. The van der Waals surface area contributed by atoms with Crippen LogP contribution in [0.25, 0.3) is 10.8 Å². The van der Waals surface area contributed by atoms with Gasteiger partial charge in [-0.2, -0.15) is 0 Å². The van der Waals surface area contributed by atoms with E-state index in [0.29, 0.717) is 16.3 Å². The smallest absolute Gasteiger partial charge is 0.345 e. The molecular weight excluding hydrogens is 390 g/mol. The molecule has 0 heterocycles. The highest BCUT2D eigenvalue weighted by atomic mass is 35.5. The fourth-order valence-corrected chi connectivity index (χ4v) is 3.30. The molecule has 29 heavy (non-hydrogen) atoms. The molecule has 0 spiro atoms. The molecule has 1 amide bonds. The molecule has 4 rings (SSSR count). The lowest BCUT2D eigenvalue weighted by atomic mass is 10.1. The number of amides is 1. The van der Waals surface area contributed by atoms with Gasteiger partial charge in [-0.1, -0.05) is 66.2 Å². The van der Waals surface area contributed by atoms with Crippen molar-refractivity contribution in [3.63, 3.8) is 0 Å². The SMILES string of the molecule is O=C(COc1ccc(Cl)c2ccccc12)O[C@H](C(=O)NC1CC1)c1ccccc1. The van der Waals surface area contributed by atoms with Gasteiger partial charge in [0.25, 0.3) is 5.91 Å². The van der Waals surface area contributed by atoms with E-state index in [9.17, 15) is 9.59 Å². The van der Waals surface area contributed by atoms with Crippen LogP contribution in [0, 0.1) is 0 Å². The van der Waals surface area contributed by atoms with Crippen LogP contribution < -0.4 is 10.1 Å². The number of nitrogens with one attached hydrogen (secondary N) is 1. The van der Waals surface area contributed by atoms with E-state index in [4.69, 9.17) is 21.1 Å². The molecule has 0 aliphatic heterocycles. The van der Waals surface area contributed by atoms with Gasteiger partial charge in [0, 0.05) is 27.4 Å². The molecule has 0 saturated heterocycles. The first-order chi connectivity index (χ1) is 14.1. The number of carbonyl (C=O) groups excluding carboxylic acids is 2. The van der Waals surface area contributed by atoms with Crippen molar-refractivity contribution >= 4 is 34.2 Å². The fraction of sp³-hybridized carbons (Fsp3) is 0.217. The van der Waals surface area contributed by atoms with Gasteiger partial charge in [0.15, 0.2) is 6.61 Å². The molecule has 5 nitrogen and oxygen atoms in total. The van der Waals surface area contributed by atoms with Crippen molar-refractivity contribution in [3.8, 4) is 5.75 Å². The number of benzene rings is 3. The van der Waals surface area contributed by atoms with E-state index < -0.39 is 12.1 Å². The Labute approximate surface area is 173 Å². The molecule has 148 valence electrons. The first-order valence-corrected chi connectivity index (χ1v) is 9.84. The second kappa shape index (κ2) is 8.53. The number of ether oxygens (including phenoxy) is 2. The predicted octanol–water partition coefficient (Wildman–Crippen LogP) is 4.44. The van der Waals surface area contributed by atoms with E-state index in [2.05, 4.69) is 5.32 Å². The summed E-state index contributed by atoms with van der Waals surface area (Å²) in [5.41, 5.74) is 0.621. The zero-order valence-electron chi connectivity index (χ0n) is 15.6. The van der Waals surface area contributed by atoms with E-state index in [1.807, 2.05) is 30.3 Å². The quantitative estimate of drug-likeness (QED) is 0.586. The maximum absolute atomic E-state index is 12.6. The molecular formula is C23H20ClNO4. The molecule has 1 fully saturated rings. The number of rotatable bonds is 7. The first kappa shape index (κ1) is 19.3. The Morgan fingerprint density at radius 2 is 1.66 bits per heavy atom. The molecule has 1 aliphatic rings. The van der Waals surface area contributed by atoms with Crippen molar-refractivity contribution in [2.75, 3.05) is 6.61 Å². The number of hydrogen-bond acceptors (Lipinski definition) is 4. The van der Waals surface area contributed by atoms with Gasteiger partial charge < -0.3 is 14.8 Å². The molecule has 0 unspecified atom stereocenters. The largest absolute Gasteiger partial charge is 0.481 e. The summed E-state index contributed by atoms with van der Waals surface area (Å²) in [7, 11) is 0. The Morgan fingerprint density at radius 1 is 0.966 bits per heavy atom. The molecule has 6 heteroatoms. The van der Waals surface area contributed by atoms with Crippen LogP contribution in [0.2, 0.25) is 5.02 Å². The molecule has 3 aromatic rings. The van der Waals surface area contributed by atoms with Gasteiger partial charge in [0.1, 0.15) is 5.75 Å². The maximum Gasteiger partial charge on any atom is 0.345 e. The third-order valence-corrected chi connectivity index (χ3v) is 5.02. The van der Waals surface area contributed by atoms with Crippen LogP contribution in [-0.4, -0.2) is 24.5 Å². The summed E-state index contributed by atoms with van der Waals surface area (Å²) in [4.78, 5) is 25.0. The minimum Gasteiger partial charge on any atom is -0.481 e. The topological polar surface area (TPSA) is 64.6 Å². The Balaban J connectivity index is 1.46. The van der Waals surface area contributed by atoms with E-state index in [0.717, 1.165) is 23.6 Å². The van der Waals surface area contributed by atoms with Crippen LogP contribution >= 0.6 is 11.6 Å². The summed E-state index contributed by atoms with van der Waals surface area (Å²) in [5, 5.41) is 5.14. The van der Waals surface area contributed by atoms with E-state index in [1.165, 1.54) is 0 Å². The van der Waals surface area contributed by atoms with Crippen molar-refractivity contribution in [2.24, 2.45) is 0 Å². The minimum absolute atomic E-state index is 0.170. The fourth-order valence-electron chi connectivity index (χ4n) is 3.07. The summed E-state index contributed by atoms with van der Waals surface area (Å²) in [6, 6.07) is 20.1. The zero-order chi connectivity index (χ0) is 20.2. The second-order valence-electron chi connectivity index (χ2n) is 6.94. The molecule has 0 aromatic heterocycles. The third kappa shape index (κ3) is 4.69. The summed E-state index contributed by atoms with van der Waals surface area (Å²) >= 11 is 6.22. The van der Waals surface area contributed by atoms with Crippen molar-refractivity contribution in [1.29, 1.82) is 0 Å². The lowest BCUT2D eigenvalue weighted by molar-refractivity contribution is -0.158. The zero-order valence-corrected chi connectivity index (χ0v) is 16.4. The second-order valence-corrected chi connectivity index (χ2v) is 7.35. The van der Waals surface area contributed by atoms with E-state index in [-0.39, 0.29) is 18.6 Å². The molecule has 0 bridgehead atoms. The van der Waals surface area contributed by atoms with Crippen LogP contribution in [0.1, 0.15) is 24.5 Å². The average Bonchev–Trinajstić information content (AvgIpc) is 3.56. The summed E-state index contributed by atoms with van der Waals surface area (Å²) in [5.74, 6) is -0.409. The van der Waals surface area contributed by atoms with Crippen LogP contribution in [0.3, 0.4) is 0 Å². The molecule has 1 saturated carbocycles. The molecule has 1 aliphatic carbocycles. The Bertz CT molecular complexity index is 1030. The van der Waals surface area contributed by atoms with Gasteiger partial charge in [-0.25, -0.2) is 4.79 Å². The Morgan fingerprint density at radius 3 is 2.38 bits per heavy atom. The summed E-state index contributed by atoms with van der Waals surface area (Å²) in [6.07, 6.45) is 0.900. The highest BCUT2D eigenvalue weighted by molar-refractivity contribution is 6.35. The van der Waals surface area contributed by atoms with Crippen LogP contribution in [0.5, 0.6) is 5.75 Å². The number of halogens is 1. The Hall–Kier alpha value is -3.05. The first-order valence-electron chi connectivity index (χ1n) is 9.46. The van der Waals surface area contributed by atoms with Crippen molar-refractivity contribution in [1.82, 2.24) is 5.32 Å². The summed E-state index contributed by atoms with van der Waals surface area (Å²) in [6.45, 7) is -0.314. The molecule has 1 atom stereocenters. The molecule has 3 aromatic carbocycles. The number of esters is 1. The molecule has 0 radical (unpaired) electrons. The number of carbonyl (C=O) groups is 2. The molecule has 1 N–H and O–H groups in total. The van der Waals surface area contributed by atoms with Gasteiger partial charge in [-0.3, -0.25) is 4.79 Å². The Kier molecular flexibility index (Phi) is 5.67. The van der Waals surface area contributed by atoms with E-state index >= 15 is 0 Å². The van der Waals surface area contributed by atoms with Crippen LogP contribution in [-0.2, 0) is 14.3 Å². The highest BCUT2D eigenvalue weighted by Crippen LogP contribution is 2.31. The number of fused-ring (bicyclic) bond motifs is 1. The standard InChI is InChI=1S/C23H20ClNO4/c24-19-12-13-20(18-9-5-4-8-17(18)19)28-14-21(26)29-22(15-6-2-1-3-7-15)23(27)25-16-10-11-16/h1-9,12-13,16,22H,10-11,14H2,(H,25,27)/t22-/m0/s1. The van der Waals surface area contributed by atoms with Gasteiger partial charge in [-0.05, 0) is 25.0 Å². The highest BCUT2D eigenvalue weighted by Gasteiger charge is 2.30. The van der Waals surface area contributed by atoms with Gasteiger partial charge in [0.2, 0.25) is 6.10 Å². The van der Waals surface area contributed by atoms with Crippen molar-refractivity contribution < 1.29 is 19.1 Å². The number of hydrogen-bond donors (Lipinski definition) is 1. The third-order valence-electron chi connectivity index (χ3n) is 4.69. The van der Waals surface area contributed by atoms with Crippen molar-refractivity contribution in [3.05, 3.63) is 77.3 Å².